The molecule has 0 saturated heterocycles. The Labute approximate surface area is 181 Å². The van der Waals surface area contributed by atoms with E-state index in [0.29, 0.717) is 0 Å². The maximum absolute atomic E-state index is 2.28. The van der Waals surface area contributed by atoms with Gasteiger partial charge in [0.1, 0.15) is 28.5 Å². The van der Waals surface area contributed by atoms with Crippen molar-refractivity contribution in [3.63, 3.8) is 0 Å². The van der Waals surface area contributed by atoms with Crippen molar-refractivity contribution < 1.29 is 19.5 Å². The van der Waals surface area contributed by atoms with Crippen LogP contribution in [-0.2, 0) is 19.5 Å². The van der Waals surface area contributed by atoms with Crippen LogP contribution in [-0.4, -0.2) is 0 Å². The van der Waals surface area contributed by atoms with Crippen LogP contribution in [0.3, 0.4) is 0 Å². The minimum Gasteiger partial charge on any atom is -0.147 e. The van der Waals surface area contributed by atoms with E-state index >= 15 is 0 Å². The van der Waals surface area contributed by atoms with E-state index in [0.717, 1.165) is 0 Å². The van der Waals surface area contributed by atoms with Crippen LogP contribution in [0.5, 0.6) is 0 Å². The number of halogens is 1. The maximum Gasteiger partial charge on any atom is 0.144 e. The van der Waals surface area contributed by atoms with Gasteiger partial charge in [0.25, 0.3) is 0 Å². The summed E-state index contributed by atoms with van der Waals surface area (Å²) >= 11 is 0. The number of benzene rings is 4. The molecule has 4 aromatic rings. The summed E-state index contributed by atoms with van der Waals surface area (Å²) in [4.78, 5) is 0. The number of rotatable bonds is 4. The second kappa shape index (κ2) is 9.96. The van der Waals surface area contributed by atoms with Crippen LogP contribution in [0.2, 0.25) is 0 Å². The van der Waals surface area contributed by atoms with Crippen LogP contribution in [0.25, 0.3) is 0 Å². The molecule has 0 nitrogen and oxygen atoms in total. The quantitative estimate of drug-likeness (QED) is 0.318. The first-order chi connectivity index (χ1) is 12.4. The SMILES string of the molecule is Cl.[Zn].c1ccc([P+](c2ccccc2)(c2ccccc2)c2ccccc2)cc1. The van der Waals surface area contributed by atoms with Crippen LogP contribution in [0.4, 0.5) is 0 Å². The molecule has 27 heavy (non-hydrogen) atoms. The predicted octanol–water partition coefficient (Wildman–Crippen LogP) is 4.73. The van der Waals surface area contributed by atoms with E-state index < -0.39 is 7.26 Å². The standard InChI is InChI=1S/C24H20P.ClH.Zn/c1-5-13-21(14-6-1)25(22-15-7-2-8-16-22,23-17-9-3-10-18-23)24-19-11-4-12-20-24;;/h1-20H;1H;/q+1;;. The first-order valence-electron chi connectivity index (χ1n) is 8.54. The monoisotopic (exact) mass is 439 g/mol. The molecule has 0 radical (unpaired) electrons. The van der Waals surface area contributed by atoms with E-state index in [1.807, 2.05) is 0 Å². The summed E-state index contributed by atoms with van der Waals surface area (Å²) < 4.78 is 0. The molecule has 0 aliphatic heterocycles. The molecule has 3 heteroatoms. The van der Waals surface area contributed by atoms with Gasteiger partial charge in [-0.05, 0) is 48.5 Å². The molecule has 0 saturated carbocycles. The number of hydrogen-bond acceptors (Lipinski definition) is 0. The molecule has 0 aromatic heterocycles. The maximum atomic E-state index is 2.28. The van der Waals surface area contributed by atoms with Crippen molar-refractivity contribution in [1.29, 1.82) is 0 Å². The Bertz CT molecular complexity index is 765. The van der Waals surface area contributed by atoms with Gasteiger partial charge in [0.2, 0.25) is 0 Å². The van der Waals surface area contributed by atoms with E-state index in [2.05, 4.69) is 121 Å². The molecule has 0 heterocycles. The van der Waals surface area contributed by atoms with Crippen LogP contribution in [0.15, 0.2) is 121 Å². The predicted molar refractivity (Wildman–Crippen MR) is 118 cm³/mol. The van der Waals surface area contributed by atoms with E-state index in [-0.39, 0.29) is 31.9 Å². The van der Waals surface area contributed by atoms with Gasteiger partial charge in [0.05, 0.1) is 0 Å². The Morgan fingerprint density at radius 2 is 0.519 bits per heavy atom. The zero-order valence-corrected chi connectivity index (χ0v) is 19.8. The molecule has 4 aromatic carbocycles. The second-order valence-electron chi connectivity index (χ2n) is 6.01. The summed E-state index contributed by atoms with van der Waals surface area (Å²) in [5, 5.41) is 5.55. The summed E-state index contributed by atoms with van der Waals surface area (Å²) in [5.41, 5.74) is 0. The summed E-state index contributed by atoms with van der Waals surface area (Å²) in [7, 11) is -1.91. The molecule has 0 atom stereocenters. The van der Waals surface area contributed by atoms with Gasteiger partial charge in [0.15, 0.2) is 0 Å². The van der Waals surface area contributed by atoms with Crippen molar-refractivity contribution in [2.75, 3.05) is 0 Å². The third kappa shape index (κ3) is 4.07. The normalized spacial score (nSPS) is 10.4. The average molecular weight is 441 g/mol. The molecule has 0 unspecified atom stereocenters. The molecular formula is C24H21ClPZn+. The molecule has 0 N–H and O–H groups in total. The Morgan fingerprint density at radius 3 is 0.704 bits per heavy atom. The van der Waals surface area contributed by atoms with E-state index in [1.54, 1.807) is 0 Å². The van der Waals surface area contributed by atoms with Gasteiger partial charge < -0.3 is 0 Å². The van der Waals surface area contributed by atoms with Crippen LogP contribution in [0.1, 0.15) is 0 Å². The fraction of sp³-hybridized carbons (Fsp3) is 0. The van der Waals surface area contributed by atoms with E-state index in [9.17, 15) is 0 Å². The number of hydrogen-bond donors (Lipinski definition) is 0. The van der Waals surface area contributed by atoms with Gasteiger partial charge in [-0.2, -0.15) is 0 Å². The molecule has 0 amide bonds. The Hall–Kier alpha value is -1.78. The fourth-order valence-corrected chi connectivity index (χ4v) is 7.77. The van der Waals surface area contributed by atoms with Crippen molar-refractivity contribution in [3.8, 4) is 0 Å². The molecule has 0 spiro atoms. The van der Waals surface area contributed by atoms with Crippen molar-refractivity contribution in [2.24, 2.45) is 0 Å². The fourth-order valence-electron chi connectivity index (χ4n) is 3.50. The smallest absolute Gasteiger partial charge is 0.144 e. The van der Waals surface area contributed by atoms with Crippen molar-refractivity contribution in [2.45, 2.75) is 0 Å². The Kier molecular flexibility index (Phi) is 7.94. The first kappa shape index (κ1) is 21.5. The van der Waals surface area contributed by atoms with E-state index in [4.69, 9.17) is 0 Å². The minimum absolute atomic E-state index is 0. The van der Waals surface area contributed by atoms with Gasteiger partial charge in [-0.1, -0.05) is 72.8 Å². The molecule has 0 aliphatic rings. The van der Waals surface area contributed by atoms with Crippen molar-refractivity contribution >= 4 is 40.9 Å². The first-order valence-corrected chi connectivity index (χ1v) is 10.3. The third-order valence-corrected chi connectivity index (χ3v) is 8.86. The zero-order chi connectivity index (χ0) is 17.0. The van der Waals surface area contributed by atoms with Gasteiger partial charge >= 0.3 is 0 Å². The third-order valence-electron chi connectivity index (χ3n) is 4.57. The molecule has 4 rings (SSSR count). The summed E-state index contributed by atoms with van der Waals surface area (Å²) in [6, 6.07) is 43.8. The summed E-state index contributed by atoms with van der Waals surface area (Å²) in [5.74, 6) is 0. The largest absolute Gasteiger partial charge is 0.147 e. The van der Waals surface area contributed by atoms with Crippen LogP contribution in [0, 0.1) is 0 Å². The minimum atomic E-state index is -1.91. The van der Waals surface area contributed by atoms with E-state index in [1.165, 1.54) is 21.2 Å². The average Bonchev–Trinajstić information content (AvgIpc) is 2.72. The summed E-state index contributed by atoms with van der Waals surface area (Å²) in [6.45, 7) is 0. The van der Waals surface area contributed by atoms with Crippen molar-refractivity contribution in [1.82, 2.24) is 0 Å². The summed E-state index contributed by atoms with van der Waals surface area (Å²) in [6.07, 6.45) is 0. The molecule has 0 bridgehead atoms. The molecule has 130 valence electrons. The Balaban J connectivity index is 0.00000131. The topological polar surface area (TPSA) is 0 Å². The molecular weight excluding hydrogens is 420 g/mol. The van der Waals surface area contributed by atoms with Gasteiger partial charge in [-0.3, -0.25) is 0 Å². The van der Waals surface area contributed by atoms with Crippen molar-refractivity contribution in [3.05, 3.63) is 121 Å². The molecule has 0 fully saturated rings. The second-order valence-corrected chi connectivity index (χ2v) is 9.42. The van der Waals surface area contributed by atoms with Crippen LogP contribution < -0.4 is 21.2 Å². The van der Waals surface area contributed by atoms with Gasteiger partial charge in [0, 0.05) is 19.5 Å². The Morgan fingerprint density at radius 1 is 0.333 bits per heavy atom. The van der Waals surface area contributed by atoms with Gasteiger partial charge in [-0.15, -0.1) is 12.4 Å². The molecule has 0 aliphatic carbocycles. The van der Waals surface area contributed by atoms with Gasteiger partial charge in [-0.25, -0.2) is 0 Å². The zero-order valence-electron chi connectivity index (χ0n) is 15.1. The van der Waals surface area contributed by atoms with Crippen LogP contribution >= 0.6 is 19.7 Å².